The van der Waals surface area contributed by atoms with E-state index < -0.39 is 29.3 Å². The van der Waals surface area contributed by atoms with Crippen LogP contribution >= 0.6 is 22.9 Å². The maximum atomic E-state index is 13.1. The van der Waals surface area contributed by atoms with E-state index in [1.807, 2.05) is 0 Å². The molecule has 1 saturated heterocycles. The normalized spacial score (nSPS) is 15.4. The van der Waals surface area contributed by atoms with Crippen molar-refractivity contribution in [3.05, 3.63) is 40.5 Å². The summed E-state index contributed by atoms with van der Waals surface area (Å²) in [5, 5.41) is 4.35. The van der Waals surface area contributed by atoms with E-state index in [1.54, 1.807) is 30.5 Å². The van der Waals surface area contributed by atoms with Gasteiger partial charge in [0.15, 0.2) is 0 Å². The van der Waals surface area contributed by atoms with Gasteiger partial charge in [-0.15, -0.1) is 16.3 Å². The Labute approximate surface area is 229 Å². The number of ether oxygens (including phenoxy) is 1. The molecule has 2 aromatic heterocycles. The van der Waals surface area contributed by atoms with Gasteiger partial charge in [0, 0.05) is 37.4 Å². The van der Waals surface area contributed by atoms with Crippen LogP contribution in [0.25, 0.3) is 21.8 Å². The van der Waals surface area contributed by atoms with E-state index in [2.05, 4.69) is 31.9 Å². The highest BCUT2D eigenvalue weighted by Gasteiger charge is 2.32. The van der Waals surface area contributed by atoms with E-state index in [-0.39, 0.29) is 16.6 Å². The number of hydrogen-bond acceptors (Lipinski definition) is 8. The minimum atomic E-state index is -4.01. The van der Waals surface area contributed by atoms with Crippen molar-refractivity contribution >= 4 is 45.6 Å². The van der Waals surface area contributed by atoms with Gasteiger partial charge >= 0.3 is 6.11 Å². The molecule has 1 atom stereocenters. The summed E-state index contributed by atoms with van der Waals surface area (Å²) in [4.78, 5) is 17.4. The summed E-state index contributed by atoms with van der Waals surface area (Å²) in [7, 11) is -1.96. The summed E-state index contributed by atoms with van der Waals surface area (Å²) in [6, 6.07) is 6.87. The third kappa shape index (κ3) is 7.20. The van der Waals surface area contributed by atoms with Gasteiger partial charge in [0.2, 0.25) is 5.95 Å². The molecule has 3 heterocycles. The topological polar surface area (TPSA) is 98.3 Å². The number of hydrogen-bond donors (Lipinski definition) is 2. The molecule has 1 aromatic carbocycles. The van der Waals surface area contributed by atoms with Crippen molar-refractivity contribution in [1.29, 1.82) is 0 Å². The first-order valence-electron chi connectivity index (χ1n) is 12.1. The second-order valence-corrected chi connectivity index (χ2v) is 11.3. The lowest BCUT2D eigenvalue weighted by atomic mass is 10.0. The molecule has 1 aliphatic rings. The number of alkyl halides is 2. The molecule has 38 heavy (non-hydrogen) atoms. The highest BCUT2D eigenvalue weighted by Crippen LogP contribution is 2.44. The minimum absolute atomic E-state index is 0.220. The molecule has 206 valence electrons. The molecule has 2 N–H and O–H groups in total. The van der Waals surface area contributed by atoms with Crippen LogP contribution in [0.3, 0.4) is 0 Å². The van der Waals surface area contributed by atoms with Gasteiger partial charge in [-0.1, -0.05) is 30.7 Å². The molecule has 8 nitrogen and oxygen atoms in total. The van der Waals surface area contributed by atoms with Crippen LogP contribution in [0.4, 0.5) is 24.9 Å². The zero-order valence-electron chi connectivity index (χ0n) is 20.5. The standard InChI is InChI=1S/C24H27ClF3N5O3S2/c1-2-10-29-23-30-11-6-18(31-23)21-20(32-22(37-21)15-7-12-35-13-8-15)16-4-3-5-17(19(16)25)33-38(34)14-9-24(26,27)36-28/h3-6,11,15,33H,2,7-10,12-14H2,1H3,(H,29,30,31). The average Bonchev–Trinajstić information content (AvgIpc) is 3.38. The van der Waals surface area contributed by atoms with E-state index in [0.29, 0.717) is 36.1 Å². The van der Waals surface area contributed by atoms with Gasteiger partial charge in [-0.05, 0) is 35.9 Å². The quantitative estimate of drug-likeness (QED) is 0.246. The Kier molecular flexibility index (Phi) is 9.93. The summed E-state index contributed by atoms with van der Waals surface area (Å²) >= 11 is 8.26. The number of rotatable bonds is 12. The van der Waals surface area contributed by atoms with Gasteiger partial charge in [-0.3, -0.25) is 0 Å². The van der Waals surface area contributed by atoms with E-state index >= 15 is 0 Å². The van der Waals surface area contributed by atoms with Crippen LogP contribution in [-0.2, 0) is 20.7 Å². The maximum Gasteiger partial charge on any atom is 0.387 e. The van der Waals surface area contributed by atoms with Crippen molar-refractivity contribution < 1.29 is 27.2 Å². The van der Waals surface area contributed by atoms with Crippen molar-refractivity contribution in [2.24, 2.45) is 0 Å². The molecular formula is C24H27ClF3N5O3S2. The molecule has 1 fully saturated rings. The van der Waals surface area contributed by atoms with E-state index in [1.165, 1.54) is 11.3 Å². The van der Waals surface area contributed by atoms with Crippen molar-refractivity contribution in [2.75, 3.05) is 35.6 Å². The molecule has 0 bridgehead atoms. The number of thiazole rings is 1. The fourth-order valence-corrected chi connectivity index (χ4v) is 6.31. The number of benzene rings is 1. The van der Waals surface area contributed by atoms with Crippen molar-refractivity contribution in [3.63, 3.8) is 0 Å². The van der Waals surface area contributed by atoms with Crippen LogP contribution in [0.1, 0.15) is 43.5 Å². The Morgan fingerprint density at radius 3 is 2.79 bits per heavy atom. The van der Waals surface area contributed by atoms with Crippen LogP contribution in [0, 0.1) is 0 Å². The maximum absolute atomic E-state index is 13.1. The largest absolute Gasteiger partial charge is 0.387 e. The third-order valence-electron chi connectivity index (χ3n) is 5.80. The van der Waals surface area contributed by atoms with Gasteiger partial charge in [0.25, 0.3) is 0 Å². The zero-order valence-corrected chi connectivity index (χ0v) is 22.9. The number of anilines is 2. The van der Waals surface area contributed by atoms with Gasteiger partial charge < -0.3 is 14.8 Å². The fourth-order valence-electron chi connectivity index (χ4n) is 3.84. The second kappa shape index (κ2) is 13.2. The predicted octanol–water partition coefficient (Wildman–Crippen LogP) is 6.60. The second-order valence-electron chi connectivity index (χ2n) is 8.59. The Morgan fingerprint density at radius 1 is 1.26 bits per heavy atom. The highest BCUT2D eigenvalue weighted by atomic mass is 35.5. The van der Waals surface area contributed by atoms with Gasteiger partial charge in [0.1, 0.15) is 11.0 Å². The van der Waals surface area contributed by atoms with E-state index in [0.717, 1.165) is 35.7 Å². The lowest BCUT2D eigenvalue weighted by Crippen LogP contribution is -2.22. The molecule has 0 amide bonds. The summed E-state index contributed by atoms with van der Waals surface area (Å²) < 4.78 is 58.6. The van der Waals surface area contributed by atoms with Crippen molar-refractivity contribution in [1.82, 2.24) is 15.0 Å². The van der Waals surface area contributed by atoms with Crippen molar-refractivity contribution in [3.8, 4) is 21.8 Å². The number of aromatic nitrogens is 3. The van der Waals surface area contributed by atoms with Crippen LogP contribution in [-0.4, -0.2) is 50.8 Å². The molecule has 0 aliphatic carbocycles. The van der Waals surface area contributed by atoms with Gasteiger partial charge in [0.05, 0.1) is 44.2 Å². The average molecular weight is 590 g/mol. The molecule has 0 saturated carbocycles. The molecule has 14 heteroatoms. The summed E-state index contributed by atoms with van der Waals surface area (Å²) in [5.41, 5.74) is 2.12. The molecule has 0 radical (unpaired) electrons. The smallest absolute Gasteiger partial charge is 0.381 e. The molecule has 0 spiro atoms. The van der Waals surface area contributed by atoms with Crippen LogP contribution in [0.15, 0.2) is 30.5 Å². The van der Waals surface area contributed by atoms with Gasteiger partial charge in [-0.25, -0.2) is 19.2 Å². The Balaban J connectivity index is 1.69. The highest BCUT2D eigenvalue weighted by molar-refractivity contribution is 7.86. The molecule has 4 rings (SSSR count). The fraction of sp³-hybridized carbons (Fsp3) is 0.458. The SMILES string of the molecule is CCCNc1nccc(-c2sc(C3CCOCC3)nc2-c2cccc(NS(=O)CCC(F)(F)OF)c2Cl)n1. The van der Waals surface area contributed by atoms with Crippen LogP contribution < -0.4 is 10.0 Å². The Morgan fingerprint density at radius 2 is 2.05 bits per heavy atom. The number of halogens is 4. The summed E-state index contributed by atoms with van der Waals surface area (Å²) in [5.74, 6) is 0.178. The summed E-state index contributed by atoms with van der Waals surface area (Å²) in [6.45, 7) is 4.10. The first-order valence-corrected chi connectivity index (χ1v) is 14.6. The summed E-state index contributed by atoms with van der Waals surface area (Å²) in [6.07, 6.45) is -0.781. The first kappa shape index (κ1) is 28.7. The third-order valence-corrected chi connectivity index (χ3v) is 8.47. The van der Waals surface area contributed by atoms with Crippen molar-refractivity contribution in [2.45, 2.75) is 44.6 Å². The number of nitrogens with zero attached hydrogens (tertiary/aromatic N) is 3. The van der Waals surface area contributed by atoms with Crippen LogP contribution in [0.2, 0.25) is 5.02 Å². The lowest BCUT2D eigenvalue weighted by molar-refractivity contribution is -0.354. The molecule has 1 unspecified atom stereocenters. The van der Waals surface area contributed by atoms with Crippen LogP contribution in [0.5, 0.6) is 0 Å². The lowest BCUT2D eigenvalue weighted by Gasteiger charge is -2.19. The van der Waals surface area contributed by atoms with E-state index in [9.17, 15) is 17.5 Å². The van der Waals surface area contributed by atoms with E-state index in [4.69, 9.17) is 21.3 Å². The monoisotopic (exact) mass is 589 g/mol. The van der Waals surface area contributed by atoms with Gasteiger partial charge in [-0.2, -0.15) is 8.78 Å². The molecular weight excluding hydrogens is 563 g/mol. The Bertz CT molecular complexity index is 1260. The first-order chi connectivity index (χ1) is 18.3. The number of nitrogens with one attached hydrogen (secondary N) is 2. The molecule has 1 aliphatic heterocycles. The Hall–Kier alpha value is -2.32. The predicted molar refractivity (Wildman–Crippen MR) is 144 cm³/mol. The molecule has 3 aromatic rings. The minimum Gasteiger partial charge on any atom is -0.381 e. The zero-order chi connectivity index (χ0) is 27.1.